The molecule has 2 aromatic carbocycles. The summed E-state index contributed by atoms with van der Waals surface area (Å²) in [7, 11) is -3.52. The van der Waals surface area contributed by atoms with Crippen molar-refractivity contribution in [1.82, 2.24) is 15.0 Å². The molecule has 0 unspecified atom stereocenters. The first-order valence-electron chi connectivity index (χ1n) is 10.2. The highest BCUT2D eigenvalue weighted by Crippen LogP contribution is 2.13. The number of amides is 2. The van der Waals surface area contributed by atoms with Gasteiger partial charge in [-0.2, -0.15) is 0 Å². The van der Waals surface area contributed by atoms with Gasteiger partial charge in [-0.3, -0.25) is 14.6 Å². The molecule has 0 fully saturated rings. The zero-order chi connectivity index (χ0) is 23.7. The summed E-state index contributed by atoms with van der Waals surface area (Å²) in [6.07, 6.45) is 4.56. The second-order valence-electron chi connectivity index (χ2n) is 6.98. The minimum Gasteiger partial charge on any atom is -0.346 e. The highest BCUT2D eigenvalue weighted by molar-refractivity contribution is 7.89. The third kappa shape index (κ3) is 7.09. The Bertz CT molecular complexity index is 1240. The molecule has 9 heteroatoms. The Labute approximate surface area is 192 Å². The fraction of sp³-hybridized carbons (Fsp3) is 0.125. The van der Waals surface area contributed by atoms with E-state index in [9.17, 15) is 18.0 Å². The van der Waals surface area contributed by atoms with Gasteiger partial charge in [-0.25, -0.2) is 13.1 Å². The van der Waals surface area contributed by atoms with Gasteiger partial charge in [0.15, 0.2) is 0 Å². The summed E-state index contributed by atoms with van der Waals surface area (Å²) in [4.78, 5) is 29.0. The van der Waals surface area contributed by atoms with Crippen LogP contribution in [0.5, 0.6) is 0 Å². The lowest BCUT2D eigenvalue weighted by Gasteiger charge is -2.07. The lowest BCUT2D eigenvalue weighted by molar-refractivity contribution is -0.111. The van der Waals surface area contributed by atoms with Gasteiger partial charge in [0.05, 0.1) is 17.1 Å². The maximum atomic E-state index is 12.4. The predicted octanol–water partition coefficient (Wildman–Crippen LogP) is 2.96. The molecule has 0 aliphatic rings. The molecular formula is C24H24N4O4S. The quantitative estimate of drug-likeness (QED) is 0.421. The molecule has 3 rings (SSSR count). The highest BCUT2D eigenvalue weighted by atomic mass is 32.2. The number of nitrogens with one attached hydrogen (secondary N) is 3. The van der Waals surface area contributed by atoms with E-state index >= 15 is 0 Å². The average Bonchev–Trinajstić information content (AvgIpc) is 2.82. The van der Waals surface area contributed by atoms with E-state index in [1.165, 1.54) is 18.2 Å². The molecule has 0 radical (unpaired) electrons. The third-order valence-electron chi connectivity index (χ3n) is 4.50. The molecule has 2 amide bonds. The summed E-state index contributed by atoms with van der Waals surface area (Å²) < 4.78 is 26.4. The van der Waals surface area contributed by atoms with Crippen LogP contribution in [0.25, 0.3) is 6.08 Å². The normalized spacial score (nSPS) is 11.3. The molecule has 3 aromatic rings. The maximum Gasteiger partial charge on any atom is 0.251 e. The van der Waals surface area contributed by atoms with Gasteiger partial charge in [0.1, 0.15) is 0 Å². The SMILES string of the molecule is CCNS(=O)(=O)c1ccc(C=CC(=O)Nc2cccc(C(=O)NCc3ccccn3)c2)cc1. The van der Waals surface area contributed by atoms with Crippen LogP contribution < -0.4 is 15.4 Å². The first-order valence-corrected chi connectivity index (χ1v) is 11.7. The van der Waals surface area contributed by atoms with Crippen molar-refractivity contribution in [3.63, 3.8) is 0 Å². The van der Waals surface area contributed by atoms with Crippen LogP contribution in [0.2, 0.25) is 0 Å². The van der Waals surface area contributed by atoms with Gasteiger partial charge >= 0.3 is 0 Å². The van der Waals surface area contributed by atoms with E-state index in [1.807, 2.05) is 12.1 Å². The van der Waals surface area contributed by atoms with Crippen molar-refractivity contribution in [1.29, 1.82) is 0 Å². The van der Waals surface area contributed by atoms with Crippen LogP contribution >= 0.6 is 0 Å². The second-order valence-corrected chi connectivity index (χ2v) is 8.74. The van der Waals surface area contributed by atoms with Crippen molar-refractivity contribution in [2.75, 3.05) is 11.9 Å². The molecule has 0 saturated heterocycles. The van der Waals surface area contributed by atoms with E-state index in [0.717, 1.165) is 5.69 Å². The van der Waals surface area contributed by atoms with Crippen LogP contribution in [0.1, 0.15) is 28.5 Å². The van der Waals surface area contributed by atoms with Crippen LogP contribution in [0.4, 0.5) is 5.69 Å². The number of carbonyl (C=O) groups excluding carboxylic acids is 2. The number of aromatic nitrogens is 1. The minimum atomic E-state index is -3.52. The molecule has 1 aromatic heterocycles. The van der Waals surface area contributed by atoms with Crippen molar-refractivity contribution < 1.29 is 18.0 Å². The Morgan fingerprint density at radius 2 is 1.79 bits per heavy atom. The Hall–Kier alpha value is -3.82. The number of sulfonamides is 1. The van der Waals surface area contributed by atoms with Crippen molar-refractivity contribution in [2.24, 2.45) is 0 Å². The summed E-state index contributed by atoms with van der Waals surface area (Å²) in [6.45, 7) is 2.31. The van der Waals surface area contributed by atoms with Gasteiger partial charge in [-0.05, 0) is 54.1 Å². The molecule has 3 N–H and O–H groups in total. The van der Waals surface area contributed by atoms with Gasteiger partial charge in [-0.15, -0.1) is 0 Å². The molecule has 170 valence electrons. The van der Waals surface area contributed by atoms with E-state index in [1.54, 1.807) is 61.7 Å². The lowest BCUT2D eigenvalue weighted by atomic mass is 10.1. The number of rotatable bonds is 9. The summed E-state index contributed by atoms with van der Waals surface area (Å²) in [5, 5.41) is 5.50. The summed E-state index contributed by atoms with van der Waals surface area (Å²) in [5.74, 6) is -0.662. The zero-order valence-electron chi connectivity index (χ0n) is 18.0. The number of anilines is 1. The fourth-order valence-electron chi connectivity index (χ4n) is 2.90. The number of nitrogens with zero attached hydrogens (tertiary/aromatic N) is 1. The number of benzene rings is 2. The number of carbonyl (C=O) groups is 2. The molecule has 0 atom stereocenters. The molecule has 8 nitrogen and oxygen atoms in total. The van der Waals surface area contributed by atoms with Crippen molar-refractivity contribution in [2.45, 2.75) is 18.4 Å². The van der Waals surface area contributed by atoms with Crippen LogP contribution in [-0.2, 0) is 21.4 Å². The van der Waals surface area contributed by atoms with Crippen LogP contribution in [0, 0.1) is 0 Å². The monoisotopic (exact) mass is 464 g/mol. The molecule has 0 saturated carbocycles. The topological polar surface area (TPSA) is 117 Å². The van der Waals surface area contributed by atoms with Gasteiger partial charge in [0, 0.05) is 30.1 Å². The maximum absolute atomic E-state index is 12.4. The van der Waals surface area contributed by atoms with E-state index in [2.05, 4.69) is 20.3 Å². The van der Waals surface area contributed by atoms with Crippen LogP contribution in [0.15, 0.2) is 83.9 Å². The Morgan fingerprint density at radius 1 is 1.00 bits per heavy atom. The molecule has 0 spiro atoms. The van der Waals surface area contributed by atoms with Gasteiger partial charge < -0.3 is 10.6 Å². The van der Waals surface area contributed by atoms with Crippen molar-refractivity contribution in [3.8, 4) is 0 Å². The minimum absolute atomic E-state index is 0.157. The predicted molar refractivity (Wildman–Crippen MR) is 127 cm³/mol. The largest absolute Gasteiger partial charge is 0.346 e. The second kappa shape index (κ2) is 11.2. The molecule has 0 aliphatic heterocycles. The summed E-state index contributed by atoms with van der Waals surface area (Å²) in [5.41, 5.74) is 2.29. The molecule has 0 aliphatic carbocycles. The van der Waals surface area contributed by atoms with Gasteiger partial charge in [0.2, 0.25) is 15.9 Å². The standard InChI is InChI=1S/C24H24N4O4S/c1-2-27-33(31,32)22-12-9-18(10-13-22)11-14-23(29)28-20-8-5-6-19(16-20)24(30)26-17-21-7-3-4-15-25-21/h3-16,27H,2,17H2,1H3,(H,26,30)(H,28,29). The van der Waals surface area contributed by atoms with Crippen molar-refractivity contribution in [3.05, 3.63) is 95.8 Å². The average molecular weight is 465 g/mol. The molecular weight excluding hydrogens is 440 g/mol. The summed E-state index contributed by atoms with van der Waals surface area (Å²) in [6, 6.07) is 18.2. The molecule has 0 bridgehead atoms. The first-order chi connectivity index (χ1) is 15.9. The lowest BCUT2D eigenvalue weighted by Crippen LogP contribution is -2.23. The van der Waals surface area contributed by atoms with E-state index in [-0.39, 0.29) is 16.7 Å². The Kier molecular flexibility index (Phi) is 8.06. The first kappa shape index (κ1) is 23.8. The van der Waals surface area contributed by atoms with Crippen molar-refractivity contribution >= 4 is 33.6 Å². The Morgan fingerprint density at radius 3 is 2.48 bits per heavy atom. The number of pyridine rings is 1. The number of hydrogen-bond donors (Lipinski definition) is 3. The zero-order valence-corrected chi connectivity index (χ0v) is 18.8. The van der Waals surface area contributed by atoms with E-state index in [4.69, 9.17) is 0 Å². The van der Waals surface area contributed by atoms with Gasteiger partial charge in [-0.1, -0.05) is 31.2 Å². The molecule has 33 heavy (non-hydrogen) atoms. The van der Waals surface area contributed by atoms with Crippen LogP contribution in [-0.4, -0.2) is 31.8 Å². The third-order valence-corrected chi connectivity index (χ3v) is 6.06. The summed E-state index contributed by atoms with van der Waals surface area (Å²) >= 11 is 0. The van der Waals surface area contributed by atoms with Gasteiger partial charge in [0.25, 0.3) is 5.91 Å². The van der Waals surface area contributed by atoms with E-state index in [0.29, 0.717) is 29.9 Å². The molecule has 1 heterocycles. The number of hydrogen-bond acceptors (Lipinski definition) is 5. The fourth-order valence-corrected chi connectivity index (χ4v) is 3.94. The van der Waals surface area contributed by atoms with Crippen LogP contribution in [0.3, 0.4) is 0 Å². The smallest absolute Gasteiger partial charge is 0.251 e. The highest BCUT2D eigenvalue weighted by Gasteiger charge is 2.11. The van der Waals surface area contributed by atoms with E-state index < -0.39 is 10.0 Å². The Balaban J connectivity index is 1.58.